The topological polar surface area (TPSA) is 45.4 Å². The third-order valence-corrected chi connectivity index (χ3v) is 5.03. The lowest BCUT2D eigenvalue weighted by molar-refractivity contribution is 0.132. The van der Waals surface area contributed by atoms with Crippen molar-refractivity contribution in [3.05, 3.63) is 28.8 Å². The average molecular weight is 290 g/mol. The second-order valence-electron chi connectivity index (χ2n) is 5.32. The van der Waals surface area contributed by atoms with Gasteiger partial charge < -0.3 is 10.6 Å². The molecule has 0 unspecified atom stereocenters. The van der Waals surface area contributed by atoms with Crippen LogP contribution < -0.4 is 5.73 Å². The lowest BCUT2D eigenvalue weighted by Gasteiger charge is -2.34. The molecule has 0 saturated carbocycles. The van der Waals surface area contributed by atoms with Crippen LogP contribution in [0.3, 0.4) is 0 Å². The first-order chi connectivity index (χ1) is 9.78. The highest BCUT2D eigenvalue weighted by Crippen LogP contribution is 2.23. The van der Waals surface area contributed by atoms with Crippen molar-refractivity contribution < 1.29 is 0 Å². The summed E-state index contributed by atoms with van der Waals surface area (Å²) in [5.41, 5.74) is 8.13. The molecule has 1 aromatic carbocycles. The molecule has 0 bridgehead atoms. The SMILES string of the molecule is CCN1CCN(Cc2ccc3nc(CN)sc3c2)CC1. The number of fused-ring (bicyclic) bond motifs is 1. The van der Waals surface area contributed by atoms with Crippen LogP contribution in [0, 0.1) is 0 Å². The molecule has 3 rings (SSSR count). The van der Waals surface area contributed by atoms with Crippen LogP contribution in [-0.2, 0) is 13.1 Å². The van der Waals surface area contributed by atoms with Gasteiger partial charge in [-0.1, -0.05) is 13.0 Å². The minimum atomic E-state index is 0.535. The van der Waals surface area contributed by atoms with Gasteiger partial charge in [0.05, 0.1) is 10.2 Å². The van der Waals surface area contributed by atoms with Gasteiger partial charge in [0, 0.05) is 39.3 Å². The van der Waals surface area contributed by atoms with Gasteiger partial charge in [-0.15, -0.1) is 11.3 Å². The van der Waals surface area contributed by atoms with Gasteiger partial charge in [-0.2, -0.15) is 0 Å². The molecule has 1 fully saturated rings. The Morgan fingerprint density at radius 1 is 1.20 bits per heavy atom. The molecule has 2 heterocycles. The Hall–Kier alpha value is -1.01. The first kappa shape index (κ1) is 13.9. The zero-order valence-corrected chi connectivity index (χ0v) is 12.8. The van der Waals surface area contributed by atoms with Gasteiger partial charge in [-0.3, -0.25) is 4.90 Å². The molecule has 0 spiro atoms. The van der Waals surface area contributed by atoms with Crippen molar-refractivity contribution in [3.63, 3.8) is 0 Å². The number of thiazole rings is 1. The highest BCUT2D eigenvalue weighted by Gasteiger charge is 2.15. The Morgan fingerprint density at radius 3 is 2.65 bits per heavy atom. The molecule has 2 aromatic rings. The zero-order chi connectivity index (χ0) is 13.9. The minimum absolute atomic E-state index is 0.535. The summed E-state index contributed by atoms with van der Waals surface area (Å²) in [6.45, 7) is 9.71. The minimum Gasteiger partial charge on any atom is -0.325 e. The fourth-order valence-electron chi connectivity index (χ4n) is 2.72. The first-order valence-electron chi connectivity index (χ1n) is 7.31. The molecule has 0 amide bonds. The Kier molecular flexibility index (Phi) is 4.31. The van der Waals surface area contributed by atoms with Crippen molar-refractivity contribution in [2.75, 3.05) is 32.7 Å². The van der Waals surface area contributed by atoms with Gasteiger partial charge >= 0.3 is 0 Å². The van der Waals surface area contributed by atoms with E-state index in [1.54, 1.807) is 11.3 Å². The maximum absolute atomic E-state index is 5.66. The van der Waals surface area contributed by atoms with Gasteiger partial charge in [0.1, 0.15) is 5.01 Å². The molecule has 1 saturated heterocycles. The van der Waals surface area contributed by atoms with Crippen LogP contribution in [0.2, 0.25) is 0 Å². The maximum atomic E-state index is 5.66. The summed E-state index contributed by atoms with van der Waals surface area (Å²) in [6.07, 6.45) is 0. The third kappa shape index (κ3) is 3.01. The molecule has 1 aliphatic rings. The molecule has 108 valence electrons. The number of nitrogens with zero attached hydrogens (tertiary/aromatic N) is 3. The normalized spacial score (nSPS) is 17.9. The molecule has 1 aromatic heterocycles. The van der Waals surface area contributed by atoms with Crippen molar-refractivity contribution in [1.29, 1.82) is 0 Å². The predicted octanol–water partition coefficient (Wildman–Crippen LogP) is 1.89. The van der Waals surface area contributed by atoms with E-state index in [-0.39, 0.29) is 0 Å². The standard InChI is InChI=1S/C15H22N4S/c1-2-18-5-7-19(8-6-18)11-12-3-4-13-14(9-12)20-15(10-16)17-13/h3-4,9H,2,5-8,10-11,16H2,1H3. The summed E-state index contributed by atoms with van der Waals surface area (Å²) >= 11 is 1.71. The van der Waals surface area contributed by atoms with Gasteiger partial charge in [0.15, 0.2) is 0 Å². The first-order valence-corrected chi connectivity index (χ1v) is 8.13. The Balaban J connectivity index is 1.68. The molecule has 20 heavy (non-hydrogen) atoms. The summed E-state index contributed by atoms with van der Waals surface area (Å²) in [5, 5.41) is 1.02. The third-order valence-electron chi connectivity index (χ3n) is 3.99. The Bertz CT molecular complexity index is 572. The van der Waals surface area contributed by atoms with Crippen LogP contribution in [0.1, 0.15) is 17.5 Å². The number of hydrogen-bond donors (Lipinski definition) is 1. The van der Waals surface area contributed by atoms with Crippen LogP contribution in [0.4, 0.5) is 0 Å². The number of benzene rings is 1. The molecule has 5 heteroatoms. The largest absolute Gasteiger partial charge is 0.325 e. The Labute approximate surface area is 124 Å². The van der Waals surface area contributed by atoms with Gasteiger partial charge in [0.25, 0.3) is 0 Å². The smallest absolute Gasteiger partial charge is 0.107 e. The van der Waals surface area contributed by atoms with Gasteiger partial charge in [-0.05, 0) is 24.2 Å². The van der Waals surface area contributed by atoms with E-state index in [0.717, 1.165) is 17.1 Å². The van der Waals surface area contributed by atoms with Crippen LogP contribution in [-0.4, -0.2) is 47.5 Å². The van der Waals surface area contributed by atoms with Crippen molar-refractivity contribution in [1.82, 2.24) is 14.8 Å². The summed E-state index contributed by atoms with van der Waals surface area (Å²) < 4.78 is 1.26. The van der Waals surface area contributed by atoms with Crippen LogP contribution in [0.25, 0.3) is 10.2 Å². The second kappa shape index (κ2) is 6.18. The highest BCUT2D eigenvalue weighted by atomic mass is 32.1. The summed E-state index contributed by atoms with van der Waals surface area (Å²) in [6, 6.07) is 6.61. The van der Waals surface area contributed by atoms with Crippen LogP contribution in [0.15, 0.2) is 18.2 Å². The molecule has 4 nitrogen and oxygen atoms in total. The molecule has 2 N–H and O–H groups in total. The lowest BCUT2D eigenvalue weighted by Crippen LogP contribution is -2.45. The summed E-state index contributed by atoms with van der Waals surface area (Å²) in [7, 11) is 0. The van der Waals surface area contributed by atoms with E-state index >= 15 is 0 Å². The number of piperazine rings is 1. The van der Waals surface area contributed by atoms with Gasteiger partial charge in [0.2, 0.25) is 0 Å². The fraction of sp³-hybridized carbons (Fsp3) is 0.533. The summed E-state index contributed by atoms with van der Waals surface area (Å²) in [4.78, 5) is 9.56. The number of rotatable bonds is 4. The monoisotopic (exact) mass is 290 g/mol. The molecular weight excluding hydrogens is 268 g/mol. The number of hydrogen-bond acceptors (Lipinski definition) is 5. The van der Waals surface area contributed by atoms with E-state index in [1.165, 1.54) is 43.0 Å². The van der Waals surface area contributed by atoms with E-state index in [4.69, 9.17) is 5.73 Å². The fourth-order valence-corrected chi connectivity index (χ4v) is 3.63. The molecule has 0 aliphatic carbocycles. The van der Waals surface area contributed by atoms with Crippen molar-refractivity contribution >= 4 is 21.6 Å². The lowest BCUT2D eigenvalue weighted by atomic mass is 10.2. The average Bonchev–Trinajstić information content (AvgIpc) is 2.90. The summed E-state index contributed by atoms with van der Waals surface area (Å²) in [5.74, 6) is 0. The van der Waals surface area contributed by atoms with Crippen LogP contribution in [0.5, 0.6) is 0 Å². The highest BCUT2D eigenvalue weighted by molar-refractivity contribution is 7.18. The van der Waals surface area contributed by atoms with Crippen LogP contribution >= 0.6 is 11.3 Å². The second-order valence-corrected chi connectivity index (χ2v) is 6.44. The van der Waals surface area contributed by atoms with Crippen molar-refractivity contribution in [2.24, 2.45) is 5.73 Å². The maximum Gasteiger partial charge on any atom is 0.107 e. The van der Waals surface area contributed by atoms with E-state index in [0.29, 0.717) is 6.54 Å². The molecule has 1 aliphatic heterocycles. The Morgan fingerprint density at radius 2 is 1.95 bits per heavy atom. The van der Waals surface area contributed by atoms with E-state index < -0.39 is 0 Å². The molecule has 0 atom stereocenters. The predicted molar refractivity (Wildman–Crippen MR) is 84.9 cm³/mol. The molecule has 0 radical (unpaired) electrons. The number of likely N-dealkylation sites (N-methyl/N-ethyl adjacent to an activating group) is 1. The van der Waals surface area contributed by atoms with Gasteiger partial charge in [-0.25, -0.2) is 4.98 Å². The molecular formula is C15H22N4S. The van der Waals surface area contributed by atoms with E-state index in [9.17, 15) is 0 Å². The number of nitrogens with two attached hydrogens (primary N) is 1. The van der Waals surface area contributed by atoms with Crippen molar-refractivity contribution in [2.45, 2.75) is 20.0 Å². The zero-order valence-electron chi connectivity index (χ0n) is 12.0. The van der Waals surface area contributed by atoms with E-state index in [1.807, 2.05) is 0 Å². The number of aromatic nitrogens is 1. The van der Waals surface area contributed by atoms with E-state index in [2.05, 4.69) is 39.9 Å². The van der Waals surface area contributed by atoms with Crippen molar-refractivity contribution in [3.8, 4) is 0 Å². The quantitative estimate of drug-likeness (QED) is 0.934.